The number of nitrogens with two attached hydrogens (primary N) is 1. The summed E-state index contributed by atoms with van der Waals surface area (Å²) < 4.78 is 5.35. The zero-order valence-corrected chi connectivity index (χ0v) is 11.9. The van der Waals surface area contributed by atoms with Crippen molar-refractivity contribution < 1.29 is 4.74 Å². The van der Waals surface area contributed by atoms with E-state index in [2.05, 4.69) is 25.2 Å². The summed E-state index contributed by atoms with van der Waals surface area (Å²) in [5.41, 5.74) is 7.83. The van der Waals surface area contributed by atoms with Crippen LogP contribution in [0, 0.1) is 6.92 Å². The highest BCUT2D eigenvalue weighted by molar-refractivity contribution is 5.77. The average Bonchev–Trinajstić information content (AvgIpc) is 2.52. The van der Waals surface area contributed by atoms with Gasteiger partial charge in [-0.05, 0) is 18.6 Å². The Bertz CT molecular complexity index is 609. The fourth-order valence-electron chi connectivity index (χ4n) is 2.18. The molecule has 0 aliphatic carbocycles. The Labute approximate surface area is 123 Å². The van der Waals surface area contributed by atoms with E-state index in [0.717, 1.165) is 24.5 Å². The molecule has 0 bridgehead atoms. The number of anilines is 4. The summed E-state index contributed by atoms with van der Waals surface area (Å²) in [6.45, 7) is 4.93. The largest absolute Gasteiger partial charge is 0.393 e. The van der Waals surface area contributed by atoms with E-state index in [1.165, 1.54) is 6.33 Å². The van der Waals surface area contributed by atoms with Crippen molar-refractivity contribution in [2.45, 2.75) is 6.92 Å². The summed E-state index contributed by atoms with van der Waals surface area (Å²) in [6, 6.07) is 3.88. The number of pyridine rings is 1. The van der Waals surface area contributed by atoms with E-state index in [9.17, 15) is 0 Å². The Hall–Kier alpha value is -2.41. The van der Waals surface area contributed by atoms with E-state index in [-0.39, 0.29) is 0 Å². The summed E-state index contributed by atoms with van der Waals surface area (Å²) >= 11 is 0. The molecule has 1 saturated heterocycles. The molecule has 3 N–H and O–H groups in total. The second-order valence-corrected chi connectivity index (χ2v) is 4.90. The molecular weight excluding hydrogens is 268 g/mol. The minimum atomic E-state index is 0.529. The summed E-state index contributed by atoms with van der Waals surface area (Å²) in [5, 5.41) is 3.13. The van der Waals surface area contributed by atoms with Crippen LogP contribution in [0.1, 0.15) is 5.56 Å². The van der Waals surface area contributed by atoms with Crippen LogP contribution in [0.25, 0.3) is 0 Å². The van der Waals surface area contributed by atoms with Crippen LogP contribution in [0.4, 0.5) is 23.1 Å². The minimum Gasteiger partial charge on any atom is -0.393 e. The van der Waals surface area contributed by atoms with E-state index in [4.69, 9.17) is 10.5 Å². The quantitative estimate of drug-likeness (QED) is 0.880. The number of hydrogen-bond acceptors (Lipinski definition) is 7. The van der Waals surface area contributed by atoms with Crippen molar-refractivity contribution in [2.24, 2.45) is 0 Å². The topological polar surface area (TPSA) is 89.2 Å². The molecule has 0 aromatic carbocycles. The van der Waals surface area contributed by atoms with E-state index in [1.807, 2.05) is 19.1 Å². The molecule has 7 nitrogen and oxygen atoms in total. The van der Waals surface area contributed by atoms with Gasteiger partial charge in [-0.1, -0.05) is 6.07 Å². The third kappa shape index (κ3) is 3.03. The van der Waals surface area contributed by atoms with Crippen molar-refractivity contribution in [3.8, 4) is 0 Å². The van der Waals surface area contributed by atoms with Gasteiger partial charge < -0.3 is 20.7 Å². The molecule has 0 amide bonds. The molecule has 0 atom stereocenters. The van der Waals surface area contributed by atoms with Gasteiger partial charge in [0, 0.05) is 19.3 Å². The highest BCUT2D eigenvalue weighted by Crippen LogP contribution is 2.28. The lowest BCUT2D eigenvalue weighted by Crippen LogP contribution is -2.37. The second kappa shape index (κ2) is 5.92. The van der Waals surface area contributed by atoms with Crippen molar-refractivity contribution in [1.29, 1.82) is 0 Å². The molecular formula is C14H18N6O. The maximum atomic E-state index is 6.19. The molecule has 21 heavy (non-hydrogen) atoms. The number of aryl methyl sites for hydroxylation is 1. The summed E-state index contributed by atoms with van der Waals surface area (Å²) in [4.78, 5) is 14.9. The predicted molar refractivity (Wildman–Crippen MR) is 81.7 cm³/mol. The van der Waals surface area contributed by atoms with Gasteiger partial charge in [0.15, 0.2) is 11.6 Å². The van der Waals surface area contributed by atoms with Crippen LogP contribution in [-0.2, 0) is 4.74 Å². The first-order valence-corrected chi connectivity index (χ1v) is 6.87. The lowest BCUT2D eigenvalue weighted by molar-refractivity contribution is 0.122. The third-order valence-electron chi connectivity index (χ3n) is 3.33. The molecule has 2 aromatic heterocycles. The molecule has 7 heteroatoms. The highest BCUT2D eigenvalue weighted by Gasteiger charge is 2.17. The fourth-order valence-corrected chi connectivity index (χ4v) is 2.18. The van der Waals surface area contributed by atoms with Gasteiger partial charge >= 0.3 is 0 Å². The zero-order chi connectivity index (χ0) is 14.7. The van der Waals surface area contributed by atoms with Gasteiger partial charge in [-0.3, -0.25) is 0 Å². The number of aromatic nitrogens is 3. The van der Waals surface area contributed by atoms with Gasteiger partial charge in [0.05, 0.1) is 13.2 Å². The average molecular weight is 286 g/mol. The number of hydrogen-bond donors (Lipinski definition) is 2. The van der Waals surface area contributed by atoms with Crippen molar-refractivity contribution in [3.05, 3.63) is 30.2 Å². The van der Waals surface area contributed by atoms with Crippen molar-refractivity contribution in [2.75, 3.05) is 42.3 Å². The molecule has 0 saturated carbocycles. The number of morpholine rings is 1. The summed E-state index contributed by atoms with van der Waals surface area (Å²) in [5.74, 6) is 2.02. The van der Waals surface area contributed by atoms with Crippen LogP contribution in [0.2, 0.25) is 0 Å². The molecule has 1 aliphatic heterocycles. The Balaban J connectivity index is 1.84. The predicted octanol–water partition coefficient (Wildman–Crippen LogP) is 1.34. The van der Waals surface area contributed by atoms with Crippen molar-refractivity contribution in [3.63, 3.8) is 0 Å². The van der Waals surface area contributed by atoms with Crippen molar-refractivity contribution >= 4 is 23.1 Å². The third-order valence-corrected chi connectivity index (χ3v) is 3.33. The lowest BCUT2D eigenvalue weighted by Gasteiger charge is -2.28. The first-order valence-electron chi connectivity index (χ1n) is 6.87. The number of nitrogens with zero attached hydrogens (tertiary/aromatic N) is 4. The maximum absolute atomic E-state index is 6.19. The molecule has 1 aliphatic rings. The Morgan fingerprint density at radius 2 is 2.00 bits per heavy atom. The number of nitrogens with one attached hydrogen (secondary N) is 1. The molecule has 1 fully saturated rings. The van der Waals surface area contributed by atoms with Crippen LogP contribution in [0.3, 0.4) is 0 Å². The van der Waals surface area contributed by atoms with E-state index in [1.54, 1.807) is 6.20 Å². The fraction of sp³-hybridized carbons (Fsp3) is 0.357. The molecule has 2 aromatic rings. The Morgan fingerprint density at radius 3 is 2.71 bits per heavy atom. The normalized spacial score (nSPS) is 15.0. The van der Waals surface area contributed by atoms with E-state index >= 15 is 0 Å². The first-order chi connectivity index (χ1) is 10.2. The van der Waals surface area contributed by atoms with Crippen LogP contribution in [-0.4, -0.2) is 41.3 Å². The standard InChI is InChI=1S/C14H18N6O/c1-10-2-3-11(16-8-10)19-13-12(15)14(18-9-17-13)20-4-6-21-7-5-20/h2-3,8-9H,4-7,15H2,1H3,(H,16,17,18,19). The first kappa shape index (κ1) is 13.6. The van der Waals surface area contributed by atoms with Gasteiger partial charge in [0.2, 0.25) is 0 Å². The monoisotopic (exact) mass is 286 g/mol. The molecule has 3 heterocycles. The lowest BCUT2D eigenvalue weighted by atomic mass is 10.3. The summed E-state index contributed by atoms with van der Waals surface area (Å²) in [6.07, 6.45) is 3.31. The van der Waals surface area contributed by atoms with Crippen LogP contribution in [0.5, 0.6) is 0 Å². The minimum absolute atomic E-state index is 0.529. The van der Waals surface area contributed by atoms with Gasteiger partial charge in [-0.25, -0.2) is 15.0 Å². The number of rotatable bonds is 3. The van der Waals surface area contributed by atoms with Crippen molar-refractivity contribution in [1.82, 2.24) is 15.0 Å². The molecule has 0 radical (unpaired) electrons. The van der Waals surface area contributed by atoms with Gasteiger partial charge in [-0.2, -0.15) is 0 Å². The number of nitrogen functional groups attached to an aromatic ring is 1. The Morgan fingerprint density at radius 1 is 1.19 bits per heavy atom. The number of ether oxygens (including phenoxy) is 1. The van der Waals surface area contributed by atoms with Crippen LogP contribution in [0.15, 0.2) is 24.7 Å². The van der Waals surface area contributed by atoms with Crippen LogP contribution >= 0.6 is 0 Å². The molecule has 0 spiro atoms. The van der Waals surface area contributed by atoms with Gasteiger partial charge in [0.1, 0.15) is 17.8 Å². The Kier molecular flexibility index (Phi) is 3.83. The SMILES string of the molecule is Cc1ccc(Nc2ncnc(N3CCOCC3)c2N)nc1. The van der Waals surface area contributed by atoms with Gasteiger partial charge in [-0.15, -0.1) is 0 Å². The molecule has 3 rings (SSSR count). The van der Waals surface area contributed by atoms with Crippen LogP contribution < -0.4 is 16.0 Å². The summed E-state index contributed by atoms with van der Waals surface area (Å²) in [7, 11) is 0. The van der Waals surface area contributed by atoms with Gasteiger partial charge in [0.25, 0.3) is 0 Å². The smallest absolute Gasteiger partial charge is 0.160 e. The second-order valence-electron chi connectivity index (χ2n) is 4.90. The highest BCUT2D eigenvalue weighted by atomic mass is 16.5. The van der Waals surface area contributed by atoms with E-state index < -0.39 is 0 Å². The van der Waals surface area contributed by atoms with E-state index in [0.29, 0.717) is 30.5 Å². The molecule has 0 unspecified atom stereocenters. The zero-order valence-electron chi connectivity index (χ0n) is 11.9. The maximum Gasteiger partial charge on any atom is 0.160 e. The molecule has 110 valence electrons.